The Morgan fingerprint density at radius 1 is 1.35 bits per heavy atom. The molecule has 4 rings (SSSR count). The summed E-state index contributed by atoms with van der Waals surface area (Å²) in [6.07, 6.45) is 5.72. The maximum Gasteiger partial charge on any atom is 0.235 e. The molecule has 0 aliphatic heterocycles. The monoisotopic (exact) mass is 455 g/mol. The van der Waals surface area contributed by atoms with E-state index in [2.05, 4.69) is 26.2 Å². The van der Waals surface area contributed by atoms with Crippen molar-refractivity contribution >= 4 is 34.8 Å². The quantitative estimate of drug-likeness (QED) is 0.424. The molecular formula is C21H25N7OS2. The number of hydrogen-bond donors (Lipinski definition) is 2. The van der Waals surface area contributed by atoms with E-state index in [1.807, 2.05) is 31.4 Å². The minimum absolute atomic E-state index is 0.124. The molecule has 0 bridgehead atoms. The topological polar surface area (TPSA) is 115 Å². The Bertz CT molecular complexity index is 1120. The number of nitrogen functional groups attached to an aromatic ring is 1. The van der Waals surface area contributed by atoms with Crippen LogP contribution in [0.5, 0.6) is 0 Å². The first-order valence-electron chi connectivity index (χ1n) is 10.3. The molecule has 1 aliphatic carbocycles. The van der Waals surface area contributed by atoms with Gasteiger partial charge in [-0.05, 0) is 43.7 Å². The molecule has 3 aromatic heterocycles. The Morgan fingerprint density at radius 2 is 2.13 bits per heavy atom. The first-order valence-corrected chi connectivity index (χ1v) is 12.2. The number of nitrogens with zero attached hydrogens (tertiary/aromatic N) is 5. The minimum Gasteiger partial charge on any atom is -0.335 e. The van der Waals surface area contributed by atoms with Crippen LogP contribution in [0, 0.1) is 25.2 Å². The third kappa shape index (κ3) is 4.20. The van der Waals surface area contributed by atoms with Crippen molar-refractivity contribution in [3.05, 3.63) is 34.3 Å². The van der Waals surface area contributed by atoms with Gasteiger partial charge in [-0.2, -0.15) is 5.26 Å². The molecule has 0 atom stereocenters. The molecule has 0 spiro atoms. The number of nitriles is 1. The van der Waals surface area contributed by atoms with Crippen LogP contribution >= 0.6 is 23.1 Å². The summed E-state index contributed by atoms with van der Waals surface area (Å²) in [7, 11) is 0. The average Bonchev–Trinajstić information content (AvgIpc) is 3.47. The molecule has 8 nitrogen and oxygen atoms in total. The van der Waals surface area contributed by atoms with E-state index < -0.39 is 0 Å². The fourth-order valence-corrected chi connectivity index (χ4v) is 5.49. The summed E-state index contributed by atoms with van der Waals surface area (Å²) < 4.78 is 3.57. The molecular weight excluding hydrogens is 430 g/mol. The van der Waals surface area contributed by atoms with E-state index in [-0.39, 0.29) is 11.7 Å². The van der Waals surface area contributed by atoms with Crippen LogP contribution in [0.15, 0.2) is 22.7 Å². The second-order valence-corrected chi connectivity index (χ2v) is 9.59. The first-order chi connectivity index (χ1) is 15.0. The van der Waals surface area contributed by atoms with Crippen LogP contribution in [0.25, 0.3) is 10.7 Å². The Morgan fingerprint density at radius 3 is 2.81 bits per heavy atom. The molecule has 3 aromatic rings. The Labute approximate surface area is 189 Å². The fourth-order valence-electron chi connectivity index (χ4n) is 4.13. The van der Waals surface area contributed by atoms with Gasteiger partial charge >= 0.3 is 0 Å². The van der Waals surface area contributed by atoms with E-state index in [1.165, 1.54) is 47.0 Å². The predicted octanol–water partition coefficient (Wildman–Crippen LogP) is 4.25. The highest BCUT2D eigenvalue weighted by molar-refractivity contribution is 7.99. The third-order valence-corrected chi connectivity index (χ3v) is 7.61. The van der Waals surface area contributed by atoms with E-state index in [0.717, 1.165) is 29.0 Å². The number of thiophene rings is 1. The van der Waals surface area contributed by atoms with Crippen LogP contribution in [0.3, 0.4) is 0 Å². The number of rotatable bonds is 6. The summed E-state index contributed by atoms with van der Waals surface area (Å²) in [6.45, 7) is 3.97. The lowest BCUT2D eigenvalue weighted by molar-refractivity contribution is -0.113. The lowest BCUT2D eigenvalue weighted by Gasteiger charge is -2.27. The van der Waals surface area contributed by atoms with Crippen molar-refractivity contribution in [2.75, 3.05) is 16.9 Å². The summed E-state index contributed by atoms with van der Waals surface area (Å²) in [5, 5.41) is 23.4. The van der Waals surface area contributed by atoms with Gasteiger partial charge in [0.25, 0.3) is 0 Å². The maximum atomic E-state index is 12.8. The summed E-state index contributed by atoms with van der Waals surface area (Å²) in [4.78, 5) is 13.7. The van der Waals surface area contributed by atoms with Crippen molar-refractivity contribution in [3.8, 4) is 16.8 Å². The molecule has 0 radical (unpaired) electrons. The number of aromatic nitrogens is 4. The van der Waals surface area contributed by atoms with E-state index >= 15 is 0 Å². The van der Waals surface area contributed by atoms with Crippen molar-refractivity contribution < 1.29 is 4.79 Å². The largest absolute Gasteiger partial charge is 0.335 e. The molecule has 1 aliphatic rings. The highest BCUT2D eigenvalue weighted by atomic mass is 32.2. The summed E-state index contributed by atoms with van der Waals surface area (Å²) >= 11 is 2.75. The molecule has 0 saturated heterocycles. The zero-order valence-corrected chi connectivity index (χ0v) is 19.2. The number of carbonyl (C=O) groups is 1. The number of nitrogens with one attached hydrogen (secondary N) is 1. The number of amides is 1. The van der Waals surface area contributed by atoms with Gasteiger partial charge in [0.2, 0.25) is 11.1 Å². The van der Waals surface area contributed by atoms with Crippen molar-refractivity contribution in [2.24, 2.45) is 0 Å². The summed E-state index contributed by atoms with van der Waals surface area (Å²) in [6, 6.07) is 6.45. The van der Waals surface area contributed by atoms with Gasteiger partial charge in [-0.25, -0.2) is 4.68 Å². The second-order valence-electron chi connectivity index (χ2n) is 7.70. The molecule has 3 N–H and O–H groups in total. The molecule has 3 heterocycles. The summed E-state index contributed by atoms with van der Waals surface area (Å²) in [5.74, 6) is 7.23. The lowest BCUT2D eigenvalue weighted by atomic mass is 9.95. The molecule has 31 heavy (non-hydrogen) atoms. The molecule has 162 valence electrons. The molecule has 0 unspecified atom stereocenters. The van der Waals surface area contributed by atoms with Crippen LogP contribution in [0.1, 0.15) is 55.0 Å². The highest BCUT2D eigenvalue weighted by Gasteiger charge is 2.26. The molecule has 0 aromatic carbocycles. The Kier molecular flexibility index (Phi) is 6.34. The predicted molar refractivity (Wildman–Crippen MR) is 124 cm³/mol. The van der Waals surface area contributed by atoms with Gasteiger partial charge < -0.3 is 15.7 Å². The van der Waals surface area contributed by atoms with Crippen LogP contribution < -0.4 is 11.2 Å². The van der Waals surface area contributed by atoms with Gasteiger partial charge in [0, 0.05) is 11.7 Å². The van der Waals surface area contributed by atoms with Crippen LogP contribution in [-0.4, -0.2) is 31.1 Å². The second kappa shape index (κ2) is 9.16. The van der Waals surface area contributed by atoms with Gasteiger partial charge in [-0.15, -0.1) is 21.5 Å². The zero-order valence-electron chi connectivity index (χ0n) is 17.6. The standard InChI is InChI=1S/C21H25N7OS2/c1-13-14(2)27(15-7-4-3-5-8-15)19(16(13)11-22)24-18(29)12-31-21-26-25-20(28(21)23)17-9-6-10-30-17/h6,9-10,15H,3-5,7-8,12,23H2,1-2H3,(H,24,29). The third-order valence-electron chi connectivity index (χ3n) is 5.80. The van der Waals surface area contributed by atoms with E-state index in [0.29, 0.717) is 28.4 Å². The number of hydrogen-bond acceptors (Lipinski definition) is 7. The van der Waals surface area contributed by atoms with Gasteiger partial charge in [0.1, 0.15) is 11.9 Å². The van der Waals surface area contributed by atoms with Crippen molar-refractivity contribution in [3.63, 3.8) is 0 Å². The number of thioether (sulfide) groups is 1. The molecule has 1 amide bonds. The highest BCUT2D eigenvalue weighted by Crippen LogP contribution is 2.37. The Balaban J connectivity index is 1.50. The van der Waals surface area contributed by atoms with E-state index in [4.69, 9.17) is 5.84 Å². The van der Waals surface area contributed by atoms with Crippen molar-refractivity contribution in [2.45, 2.75) is 57.1 Å². The molecule has 1 fully saturated rings. The molecule has 10 heteroatoms. The van der Waals surface area contributed by atoms with Gasteiger partial charge in [-0.3, -0.25) is 4.79 Å². The van der Waals surface area contributed by atoms with Crippen LogP contribution in [0.2, 0.25) is 0 Å². The lowest BCUT2D eigenvalue weighted by Crippen LogP contribution is -2.22. The SMILES string of the molecule is Cc1c(C#N)c(NC(=O)CSc2nnc(-c3cccs3)n2N)n(C2CCCCC2)c1C. The number of nitrogens with two attached hydrogens (primary N) is 1. The van der Waals surface area contributed by atoms with Crippen LogP contribution in [-0.2, 0) is 4.79 Å². The minimum atomic E-state index is -0.197. The first kappa shape index (κ1) is 21.5. The van der Waals surface area contributed by atoms with E-state index in [9.17, 15) is 10.1 Å². The van der Waals surface area contributed by atoms with Crippen molar-refractivity contribution in [1.82, 2.24) is 19.4 Å². The normalized spacial score (nSPS) is 14.5. The molecule has 1 saturated carbocycles. The van der Waals surface area contributed by atoms with Crippen LogP contribution in [0.4, 0.5) is 5.82 Å². The smallest absolute Gasteiger partial charge is 0.235 e. The number of anilines is 1. The van der Waals surface area contributed by atoms with E-state index in [1.54, 1.807) is 0 Å². The van der Waals surface area contributed by atoms with Gasteiger partial charge in [-0.1, -0.05) is 37.1 Å². The zero-order chi connectivity index (χ0) is 22.0. The summed E-state index contributed by atoms with van der Waals surface area (Å²) in [5.41, 5.74) is 2.52. The fraction of sp³-hybridized carbons (Fsp3) is 0.429. The van der Waals surface area contributed by atoms with Crippen molar-refractivity contribution in [1.29, 1.82) is 5.26 Å². The Hall–Kier alpha value is -2.77. The maximum absolute atomic E-state index is 12.8. The average molecular weight is 456 g/mol. The van der Waals surface area contributed by atoms with Gasteiger partial charge in [0.15, 0.2) is 5.82 Å². The number of carbonyl (C=O) groups excluding carboxylic acids is 1. The van der Waals surface area contributed by atoms with Gasteiger partial charge in [0.05, 0.1) is 16.2 Å².